The predicted octanol–water partition coefficient (Wildman–Crippen LogP) is 0.172. The highest BCUT2D eigenvalue weighted by Crippen LogP contribution is 2.45. The molecule has 7 nitrogen and oxygen atoms in total. The molecular formula is C11H13N3O4S. The SMILES string of the molecule is NC1[C@H]2CN(S(=O)(=O)c3ccc([N+](=O)[O-])cc3)C[C@@H]12. The molecule has 1 unspecified atom stereocenters. The quantitative estimate of drug-likeness (QED) is 0.628. The van der Waals surface area contributed by atoms with Gasteiger partial charge in [0, 0.05) is 31.3 Å². The average Bonchev–Trinajstić information content (AvgIpc) is 2.80. The van der Waals surface area contributed by atoms with Crippen LogP contribution in [0, 0.1) is 22.0 Å². The van der Waals surface area contributed by atoms with Crippen molar-refractivity contribution < 1.29 is 13.3 Å². The first kappa shape index (κ1) is 12.5. The van der Waals surface area contributed by atoms with E-state index >= 15 is 0 Å². The Morgan fingerprint density at radius 2 is 1.74 bits per heavy atom. The fourth-order valence-corrected chi connectivity index (χ4v) is 4.13. The van der Waals surface area contributed by atoms with Crippen LogP contribution >= 0.6 is 0 Å². The number of non-ortho nitro benzene ring substituents is 1. The highest BCUT2D eigenvalue weighted by molar-refractivity contribution is 7.89. The van der Waals surface area contributed by atoms with Gasteiger partial charge in [-0.25, -0.2) is 8.42 Å². The molecule has 1 saturated heterocycles. The van der Waals surface area contributed by atoms with Gasteiger partial charge in [-0.3, -0.25) is 10.1 Å². The number of nitro benzene ring substituents is 1. The van der Waals surface area contributed by atoms with Crippen LogP contribution in [0.4, 0.5) is 5.69 Å². The minimum absolute atomic E-state index is 0.0907. The van der Waals surface area contributed by atoms with E-state index in [9.17, 15) is 18.5 Å². The summed E-state index contributed by atoms with van der Waals surface area (Å²) in [7, 11) is -3.55. The van der Waals surface area contributed by atoms with Crippen molar-refractivity contribution in [3.05, 3.63) is 34.4 Å². The van der Waals surface area contributed by atoms with Gasteiger partial charge in [0.25, 0.3) is 5.69 Å². The summed E-state index contributed by atoms with van der Waals surface area (Å²) < 4.78 is 26.0. The van der Waals surface area contributed by atoms with Gasteiger partial charge in [-0.05, 0) is 24.0 Å². The first-order chi connectivity index (χ1) is 8.91. The lowest BCUT2D eigenvalue weighted by Gasteiger charge is -2.18. The number of benzene rings is 1. The fourth-order valence-electron chi connectivity index (χ4n) is 2.62. The van der Waals surface area contributed by atoms with E-state index in [1.165, 1.54) is 28.6 Å². The summed E-state index contributed by atoms with van der Waals surface area (Å²) in [5, 5.41) is 10.5. The summed E-state index contributed by atoms with van der Waals surface area (Å²) in [5.41, 5.74) is 5.65. The van der Waals surface area contributed by atoms with Crippen LogP contribution in [0.3, 0.4) is 0 Å². The minimum atomic E-state index is -3.55. The Balaban J connectivity index is 1.83. The van der Waals surface area contributed by atoms with Gasteiger partial charge < -0.3 is 5.73 Å². The lowest BCUT2D eigenvalue weighted by atomic mass is 10.3. The average molecular weight is 283 g/mol. The van der Waals surface area contributed by atoms with Crippen LogP contribution in [0.25, 0.3) is 0 Å². The van der Waals surface area contributed by atoms with Crippen molar-refractivity contribution in [2.45, 2.75) is 10.9 Å². The van der Waals surface area contributed by atoms with Crippen LogP contribution in [0.1, 0.15) is 0 Å². The van der Waals surface area contributed by atoms with Gasteiger partial charge in [0.2, 0.25) is 10.0 Å². The molecule has 2 aliphatic rings. The molecule has 1 aromatic rings. The van der Waals surface area contributed by atoms with Gasteiger partial charge in [0.05, 0.1) is 9.82 Å². The summed E-state index contributed by atoms with van der Waals surface area (Å²) in [6.45, 7) is 0.899. The summed E-state index contributed by atoms with van der Waals surface area (Å²) in [6, 6.07) is 5.09. The van der Waals surface area contributed by atoms with E-state index in [4.69, 9.17) is 5.73 Å². The number of nitro groups is 1. The molecule has 3 rings (SSSR count). The van der Waals surface area contributed by atoms with Crippen molar-refractivity contribution in [1.29, 1.82) is 0 Å². The zero-order valence-electron chi connectivity index (χ0n) is 9.97. The number of nitrogens with zero attached hydrogens (tertiary/aromatic N) is 2. The molecule has 1 aromatic carbocycles. The van der Waals surface area contributed by atoms with Crippen LogP contribution < -0.4 is 5.73 Å². The normalized spacial score (nSPS) is 30.1. The Hall–Kier alpha value is -1.51. The molecular weight excluding hydrogens is 270 g/mol. The number of hydrogen-bond donors (Lipinski definition) is 1. The van der Waals surface area contributed by atoms with Gasteiger partial charge in [-0.15, -0.1) is 0 Å². The largest absolute Gasteiger partial charge is 0.327 e. The zero-order chi connectivity index (χ0) is 13.8. The molecule has 3 atom stereocenters. The maximum absolute atomic E-state index is 12.3. The molecule has 0 aromatic heterocycles. The first-order valence-corrected chi connectivity index (χ1v) is 7.35. The number of fused-ring (bicyclic) bond motifs is 1. The number of nitrogens with two attached hydrogens (primary N) is 1. The van der Waals surface area contributed by atoms with Crippen molar-refractivity contribution in [3.8, 4) is 0 Å². The second kappa shape index (κ2) is 3.99. The number of piperidine rings is 1. The highest BCUT2D eigenvalue weighted by Gasteiger charge is 2.56. The molecule has 0 radical (unpaired) electrons. The predicted molar refractivity (Wildman–Crippen MR) is 66.8 cm³/mol. The Morgan fingerprint density at radius 1 is 1.21 bits per heavy atom. The third kappa shape index (κ3) is 1.92. The summed E-state index contributed by atoms with van der Waals surface area (Å²) >= 11 is 0. The Kier molecular flexibility index (Phi) is 2.63. The molecule has 1 aliphatic carbocycles. The number of hydrogen-bond acceptors (Lipinski definition) is 5. The molecule has 8 heteroatoms. The van der Waals surface area contributed by atoms with E-state index in [0.717, 1.165) is 0 Å². The third-order valence-electron chi connectivity index (χ3n) is 3.91. The molecule has 0 bridgehead atoms. The van der Waals surface area contributed by atoms with Crippen LogP contribution in [0.15, 0.2) is 29.2 Å². The van der Waals surface area contributed by atoms with Gasteiger partial charge in [0.15, 0.2) is 0 Å². The van der Waals surface area contributed by atoms with E-state index in [-0.39, 0.29) is 28.5 Å². The second-order valence-corrected chi connectivity index (χ2v) is 6.92. The minimum Gasteiger partial charge on any atom is -0.327 e. The van der Waals surface area contributed by atoms with Crippen molar-refractivity contribution in [2.75, 3.05) is 13.1 Å². The molecule has 1 aliphatic heterocycles. The zero-order valence-corrected chi connectivity index (χ0v) is 10.8. The fraction of sp³-hybridized carbons (Fsp3) is 0.455. The monoisotopic (exact) mass is 283 g/mol. The van der Waals surface area contributed by atoms with Crippen LogP contribution in [0.2, 0.25) is 0 Å². The molecule has 2 fully saturated rings. The van der Waals surface area contributed by atoms with Crippen LogP contribution in [0.5, 0.6) is 0 Å². The lowest BCUT2D eigenvalue weighted by Crippen LogP contribution is -2.33. The molecule has 0 amide bonds. The Labute approximate surface area is 110 Å². The smallest absolute Gasteiger partial charge is 0.269 e. The maximum atomic E-state index is 12.3. The molecule has 2 N–H and O–H groups in total. The molecule has 1 heterocycles. The summed E-state index contributed by atoms with van der Waals surface area (Å²) in [6.07, 6.45) is 0. The van der Waals surface area contributed by atoms with Crippen molar-refractivity contribution in [3.63, 3.8) is 0 Å². The lowest BCUT2D eigenvalue weighted by molar-refractivity contribution is -0.384. The van der Waals surface area contributed by atoms with Gasteiger partial charge in [-0.1, -0.05) is 0 Å². The third-order valence-corrected chi connectivity index (χ3v) is 5.76. The Bertz CT molecular complexity index is 616. The van der Waals surface area contributed by atoms with Crippen molar-refractivity contribution in [1.82, 2.24) is 4.31 Å². The van der Waals surface area contributed by atoms with Crippen LogP contribution in [-0.4, -0.2) is 36.8 Å². The van der Waals surface area contributed by atoms with Crippen molar-refractivity contribution >= 4 is 15.7 Å². The van der Waals surface area contributed by atoms with E-state index in [2.05, 4.69) is 0 Å². The molecule has 19 heavy (non-hydrogen) atoms. The first-order valence-electron chi connectivity index (χ1n) is 5.91. The summed E-state index contributed by atoms with van der Waals surface area (Å²) in [5.74, 6) is 0.542. The van der Waals surface area contributed by atoms with Gasteiger partial charge in [-0.2, -0.15) is 4.31 Å². The van der Waals surface area contributed by atoms with E-state index in [1.54, 1.807) is 0 Å². The van der Waals surface area contributed by atoms with Crippen LogP contribution in [-0.2, 0) is 10.0 Å². The molecule has 0 spiro atoms. The number of sulfonamides is 1. The topological polar surface area (TPSA) is 107 Å². The Morgan fingerprint density at radius 3 is 2.21 bits per heavy atom. The summed E-state index contributed by atoms with van der Waals surface area (Å²) in [4.78, 5) is 10.1. The molecule has 1 saturated carbocycles. The molecule has 102 valence electrons. The highest BCUT2D eigenvalue weighted by atomic mass is 32.2. The van der Waals surface area contributed by atoms with Gasteiger partial charge in [0.1, 0.15) is 0 Å². The second-order valence-electron chi connectivity index (χ2n) is 4.98. The number of rotatable bonds is 3. The maximum Gasteiger partial charge on any atom is 0.269 e. The van der Waals surface area contributed by atoms with Crippen molar-refractivity contribution in [2.24, 2.45) is 17.6 Å². The van der Waals surface area contributed by atoms with E-state index in [1.807, 2.05) is 0 Å². The van der Waals surface area contributed by atoms with E-state index < -0.39 is 14.9 Å². The van der Waals surface area contributed by atoms with Gasteiger partial charge >= 0.3 is 0 Å². The standard InChI is InChI=1S/C11H13N3O4S/c12-11-9-5-13(6-10(9)11)19(17,18)8-3-1-7(2-4-8)14(15)16/h1-4,9-11H,5-6,12H2/t9-,10+,11?. The van der Waals surface area contributed by atoms with E-state index in [0.29, 0.717) is 13.1 Å².